The predicted molar refractivity (Wildman–Crippen MR) is 66.1 cm³/mol. The first-order valence-corrected chi connectivity index (χ1v) is 5.75. The lowest BCUT2D eigenvalue weighted by Gasteiger charge is -2.20. The molecular weight excluding hydrogens is 226 g/mol. The number of benzene rings is 1. The summed E-state index contributed by atoms with van der Waals surface area (Å²) in [5.41, 5.74) is 1.11. The summed E-state index contributed by atoms with van der Waals surface area (Å²) >= 11 is 5.56. The number of nitrogens with zero attached hydrogens (tertiary/aromatic N) is 1. The molecule has 1 unspecified atom stereocenters. The van der Waals surface area contributed by atoms with Crippen LogP contribution in [0, 0.1) is 0 Å². The summed E-state index contributed by atoms with van der Waals surface area (Å²) in [5.74, 6) is 1.13. The summed E-state index contributed by atoms with van der Waals surface area (Å²) in [4.78, 5) is 2.02. The number of ether oxygens (including phenoxy) is 1. The molecule has 1 rings (SSSR count). The molecule has 0 radical (unpaired) electrons. The fourth-order valence-electron chi connectivity index (χ4n) is 1.60. The number of hydrogen-bond acceptors (Lipinski definition) is 3. The third kappa shape index (κ3) is 4.00. The van der Waals surface area contributed by atoms with Crippen LogP contribution in [-0.2, 0) is 6.54 Å². The van der Waals surface area contributed by atoms with Gasteiger partial charge in [0.05, 0.1) is 13.2 Å². The molecule has 0 aliphatic rings. The highest BCUT2D eigenvalue weighted by Crippen LogP contribution is 2.18. The molecule has 1 aromatic rings. The maximum absolute atomic E-state index is 9.43. The Morgan fingerprint density at radius 2 is 2.12 bits per heavy atom. The first kappa shape index (κ1) is 13.3. The first-order chi connectivity index (χ1) is 7.67. The summed E-state index contributed by atoms with van der Waals surface area (Å²) in [7, 11) is 3.61. The zero-order chi connectivity index (χ0) is 12.0. The molecule has 0 saturated heterocycles. The van der Waals surface area contributed by atoms with E-state index in [1.807, 2.05) is 36.2 Å². The van der Waals surface area contributed by atoms with Crippen LogP contribution in [0.4, 0.5) is 0 Å². The van der Waals surface area contributed by atoms with Crippen LogP contribution in [0.5, 0.6) is 5.75 Å². The molecule has 0 spiro atoms. The highest BCUT2D eigenvalue weighted by molar-refractivity contribution is 6.18. The van der Waals surface area contributed by atoms with Crippen molar-refractivity contribution in [2.45, 2.75) is 12.6 Å². The van der Waals surface area contributed by atoms with Gasteiger partial charge in [0.15, 0.2) is 0 Å². The molecule has 4 heteroatoms. The average Bonchev–Trinajstić information content (AvgIpc) is 2.29. The van der Waals surface area contributed by atoms with Crippen molar-refractivity contribution in [3.63, 3.8) is 0 Å². The number of halogens is 1. The Kier molecular flexibility index (Phi) is 5.60. The van der Waals surface area contributed by atoms with Crippen molar-refractivity contribution in [3.8, 4) is 5.75 Å². The van der Waals surface area contributed by atoms with Crippen LogP contribution < -0.4 is 4.74 Å². The minimum atomic E-state index is -0.485. The summed E-state index contributed by atoms with van der Waals surface area (Å²) < 4.78 is 5.26. The van der Waals surface area contributed by atoms with E-state index in [9.17, 15) is 5.11 Å². The monoisotopic (exact) mass is 243 g/mol. The van der Waals surface area contributed by atoms with E-state index in [0.717, 1.165) is 17.9 Å². The van der Waals surface area contributed by atoms with Gasteiger partial charge in [0.2, 0.25) is 0 Å². The van der Waals surface area contributed by atoms with E-state index in [0.29, 0.717) is 6.54 Å². The van der Waals surface area contributed by atoms with Crippen molar-refractivity contribution in [2.75, 3.05) is 26.6 Å². The van der Waals surface area contributed by atoms with Crippen LogP contribution >= 0.6 is 11.6 Å². The lowest BCUT2D eigenvalue weighted by atomic mass is 10.2. The van der Waals surface area contributed by atoms with E-state index in [1.54, 1.807) is 7.11 Å². The first-order valence-electron chi connectivity index (χ1n) is 5.21. The van der Waals surface area contributed by atoms with Crippen LogP contribution in [0.25, 0.3) is 0 Å². The molecule has 0 amide bonds. The van der Waals surface area contributed by atoms with Crippen molar-refractivity contribution >= 4 is 11.6 Å². The summed E-state index contributed by atoms with van der Waals surface area (Å²) in [5, 5.41) is 9.43. The molecule has 1 aromatic carbocycles. The molecule has 90 valence electrons. The van der Waals surface area contributed by atoms with Crippen molar-refractivity contribution in [1.29, 1.82) is 0 Å². The van der Waals surface area contributed by atoms with Gasteiger partial charge >= 0.3 is 0 Å². The maximum Gasteiger partial charge on any atom is 0.123 e. The Hall–Kier alpha value is -0.770. The van der Waals surface area contributed by atoms with Crippen LogP contribution in [0.2, 0.25) is 0 Å². The number of aliphatic hydroxyl groups excluding tert-OH is 1. The Morgan fingerprint density at radius 1 is 1.44 bits per heavy atom. The summed E-state index contributed by atoms with van der Waals surface area (Å²) in [6.07, 6.45) is -0.485. The zero-order valence-electron chi connectivity index (χ0n) is 9.69. The molecule has 0 bridgehead atoms. The van der Waals surface area contributed by atoms with Gasteiger partial charge in [0, 0.05) is 24.5 Å². The van der Waals surface area contributed by atoms with Gasteiger partial charge in [0.1, 0.15) is 5.75 Å². The Morgan fingerprint density at radius 3 is 2.75 bits per heavy atom. The minimum absolute atomic E-state index is 0.260. The Labute approximate surface area is 102 Å². The maximum atomic E-state index is 9.43. The number of alkyl halides is 1. The Bertz CT molecular complexity index is 320. The molecule has 1 atom stereocenters. The van der Waals surface area contributed by atoms with E-state index in [1.165, 1.54) is 0 Å². The molecule has 3 nitrogen and oxygen atoms in total. The van der Waals surface area contributed by atoms with Crippen molar-refractivity contribution < 1.29 is 9.84 Å². The average molecular weight is 244 g/mol. The number of methoxy groups -OCH3 is 1. The van der Waals surface area contributed by atoms with E-state index >= 15 is 0 Å². The van der Waals surface area contributed by atoms with Gasteiger partial charge in [-0.2, -0.15) is 0 Å². The second-order valence-corrected chi connectivity index (χ2v) is 4.13. The summed E-state index contributed by atoms with van der Waals surface area (Å²) in [6, 6.07) is 7.86. The number of rotatable bonds is 6. The third-order valence-electron chi connectivity index (χ3n) is 2.33. The van der Waals surface area contributed by atoms with Crippen molar-refractivity contribution in [2.24, 2.45) is 0 Å². The second kappa shape index (κ2) is 6.74. The van der Waals surface area contributed by atoms with Gasteiger partial charge in [-0.1, -0.05) is 18.2 Å². The normalized spacial score (nSPS) is 12.8. The highest BCUT2D eigenvalue weighted by Gasteiger charge is 2.09. The largest absolute Gasteiger partial charge is 0.496 e. The fourth-order valence-corrected chi connectivity index (χ4v) is 1.70. The molecule has 0 fully saturated rings. The standard InChI is InChI=1S/C12H18ClNO2/c1-14(9-11(15)7-13)8-10-5-3-4-6-12(10)16-2/h3-6,11,15H,7-9H2,1-2H3. The second-order valence-electron chi connectivity index (χ2n) is 3.82. The molecular formula is C12H18ClNO2. The molecule has 0 aromatic heterocycles. The lowest BCUT2D eigenvalue weighted by molar-refractivity contribution is 0.140. The number of likely N-dealkylation sites (N-methyl/N-ethyl adjacent to an activating group) is 1. The van der Waals surface area contributed by atoms with E-state index in [-0.39, 0.29) is 5.88 Å². The SMILES string of the molecule is COc1ccccc1CN(C)CC(O)CCl. The minimum Gasteiger partial charge on any atom is -0.496 e. The van der Waals surface area contributed by atoms with Crippen LogP contribution in [0.3, 0.4) is 0 Å². The molecule has 0 heterocycles. The van der Waals surface area contributed by atoms with E-state index < -0.39 is 6.10 Å². The van der Waals surface area contributed by atoms with Crippen LogP contribution in [0.1, 0.15) is 5.56 Å². The Balaban J connectivity index is 2.58. The highest BCUT2D eigenvalue weighted by atomic mass is 35.5. The van der Waals surface area contributed by atoms with Gasteiger partial charge in [0.25, 0.3) is 0 Å². The lowest BCUT2D eigenvalue weighted by Crippen LogP contribution is -2.29. The quantitative estimate of drug-likeness (QED) is 0.773. The van der Waals surface area contributed by atoms with Crippen LogP contribution in [0.15, 0.2) is 24.3 Å². The molecule has 0 aliphatic heterocycles. The van der Waals surface area contributed by atoms with E-state index in [2.05, 4.69) is 0 Å². The molecule has 16 heavy (non-hydrogen) atoms. The van der Waals surface area contributed by atoms with E-state index in [4.69, 9.17) is 16.3 Å². The summed E-state index contributed by atoms with van der Waals surface area (Å²) in [6.45, 7) is 1.29. The number of hydrogen-bond donors (Lipinski definition) is 1. The third-order valence-corrected chi connectivity index (χ3v) is 2.69. The molecule has 0 saturated carbocycles. The topological polar surface area (TPSA) is 32.7 Å². The van der Waals surface area contributed by atoms with Gasteiger partial charge in [-0.05, 0) is 13.1 Å². The smallest absolute Gasteiger partial charge is 0.123 e. The van der Waals surface area contributed by atoms with Crippen molar-refractivity contribution in [3.05, 3.63) is 29.8 Å². The van der Waals surface area contributed by atoms with Crippen molar-refractivity contribution in [1.82, 2.24) is 4.90 Å². The van der Waals surface area contributed by atoms with Gasteiger partial charge in [-0.25, -0.2) is 0 Å². The zero-order valence-corrected chi connectivity index (χ0v) is 10.4. The van der Waals surface area contributed by atoms with Crippen LogP contribution in [-0.4, -0.2) is 42.7 Å². The van der Waals surface area contributed by atoms with Gasteiger partial charge in [-0.15, -0.1) is 11.6 Å². The van der Waals surface area contributed by atoms with Gasteiger partial charge < -0.3 is 9.84 Å². The van der Waals surface area contributed by atoms with Gasteiger partial charge in [-0.3, -0.25) is 4.90 Å². The molecule has 0 aliphatic carbocycles. The number of aliphatic hydroxyl groups is 1. The number of para-hydroxylation sites is 1. The fraction of sp³-hybridized carbons (Fsp3) is 0.500. The predicted octanol–water partition coefficient (Wildman–Crippen LogP) is 1.73. The molecule has 1 N–H and O–H groups in total.